The first kappa shape index (κ1) is 26.6. The van der Waals surface area contributed by atoms with Crippen LogP contribution in [0.15, 0.2) is 100 Å². The molecule has 2 aromatic heterocycles. The second kappa shape index (κ2) is 11.1. The summed E-state index contributed by atoms with van der Waals surface area (Å²) in [6.45, 7) is 2.35. The molecule has 0 amide bonds. The van der Waals surface area contributed by atoms with Gasteiger partial charge in [-0.3, -0.25) is 9.36 Å². The molecule has 41 heavy (non-hydrogen) atoms. The van der Waals surface area contributed by atoms with Gasteiger partial charge in [0.1, 0.15) is 0 Å². The molecule has 8 heteroatoms. The third-order valence-corrected chi connectivity index (χ3v) is 8.16. The molecular formula is C33H24ClN3O3S. The van der Waals surface area contributed by atoms with E-state index in [-0.39, 0.29) is 12.2 Å². The number of carbonyl (C=O) groups excluding carboxylic acids is 1. The lowest BCUT2D eigenvalue weighted by molar-refractivity contribution is -0.138. The highest BCUT2D eigenvalue weighted by molar-refractivity contribution is 7.07. The Morgan fingerprint density at radius 2 is 1.83 bits per heavy atom. The largest absolute Gasteiger partial charge is 0.463 e. The first-order valence-corrected chi connectivity index (χ1v) is 14.2. The molecule has 1 aliphatic rings. The zero-order valence-corrected chi connectivity index (χ0v) is 23.7. The minimum Gasteiger partial charge on any atom is -0.463 e. The van der Waals surface area contributed by atoms with E-state index in [2.05, 4.69) is 5.92 Å². The van der Waals surface area contributed by atoms with Crippen molar-refractivity contribution in [3.05, 3.63) is 132 Å². The van der Waals surface area contributed by atoms with Crippen LogP contribution in [-0.2, 0) is 16.1 Å². The summed E-state index contributed by atoms with van der Waals surface area (Å²) in [5, 5.41) is 1.54. The van der Waals surface area contributed by atoms with Gasteiger partial charge in [-0.2, -0.15) is 0 Å². The number of esters is 1. The van der Waals surface area contributed by atoms with Crippen LogP contribution in [0.25, 0.3) is 22.7 Å². The molecule has 1 aliphatic heterocycles. The van der Waals surface area contributed by atoms with Gasteiger partial charge in [0.05, 0.1) is 35.0 Å². The van der Waals surface area contributed by atoms with Gasteiger partial charge in [0.2, 0.25) is 0 Å². The fourth-order valence-electron chi connectivity index (χ4n) is 5.16. The lowest BCUT2D eigenvalue weighted by Crippen LogP contribution is -2.40. The summed E-state index contributed by atoms with van der Waals surface area (Å²) in [5.41, 5.74) is 3.85. The number of hydrogen-bond acceptors (Lipinski definition) is 5. The first-order chi connectivity index (χ1) is 20.0. The molecule has 0 bridgehead atoms. The Labute approximate surface area is 245 Å². The molecule has 6 rings (SSSR count). The minimum atomic E-state index is -0.761. The standard InChI is InChI=1S/C33H24ClN3O3S/c1-3-18-36-20-23(25-12-8-9-13-26(25)36)19-27-31(38)37-30(22-14-16-24(34)17-15-22)28(32(39)40-4-2)29(35-33(37)41-27)21-10-6-5-7-11-21/h1,5-17,19-20,30H,4,18H2,2H3/b27-19-/t30-/m0/s1. The number of rotatable bonds is 6. The number of aromatic nitrogens is 2. The molecule has 0 aliphatic carbocycles. The Kier molecular flexibility index (Phi) is 7.19. The summed E-state index contributed by atoms with van der Waals surface area (Å²) in [5.74, 6) is 2.16. The highest BCUT2D eigenvalue weighted by atomic mass is 35.5. The van der Waals surface area contributed by atoms with Crippen molar-refractivity contribution in [1.29, 1.82) is 0 Å². The van der Waals surface area contributed by atoms with E-state index < -0.39 is 12.0 Å². The summed E-state index contributed by atoms with van der Waals surface area (Å²) in [7, 11) is 0. The number of para-hydroxylation sites is 1. The molecule has 3 aromatic carbocycles. The van der Waals surface area contributed by atoms with E-state index in [9.17, 15) is 9.59 Å². The number of ether oxygens (including phenoxy) is 1. The van der Waals surface area contributed by atoms with Crippen molar-refractivity contribution in [2.75, 3.05) is 6.61 Å². The van der Waals surface area contributed by atoms with Crippen LogP contribution in [-0.4, -0.2) is 21.7 Å². The molecule has 0 radical (unpaired) electrons. The second-order valence-electron chi connectivity index (χ2n) is 9.42. The molecular weight excluding hydrogens is 554 g/mol. The SMILES string of the molecule is C#CCn1cc(/C=c2\sc3n(c2=O)[C@@H](c2ccc(Cl)cc2)C(C(=O)OCC)=C(c2ccccc2)N=3)c2ccccc21. The van der Waals surface area contributed by atoms with E-state index >= 15 is 0 Å². The lowest BCUT2D eigenvalue weighted by Gasteiger charge is -2.25. The van der Waals surface area contributed by atoms with Crippen LogP contribution in [0.5, 0.6) is 0 Å². The average Bonchev–Trinajstić information content (AvgIpc) is 3.50. The Hall–Kier alpha value is -4.64. The second-order valence-corrected chi connectivity index (χ2v) is 10.9. The predicted molar refractivity (Wildman–Crippen MR) is 163 cm³/mol. The number of nitrogens with zero attached hydrogens (tertiary/aromatic N) is 3. The fourth-order valence-corrected chi connectivity index (χ4v) is 6.28. The molecule has 6 nitrogen and oxygen atoms in total. The van der Waals surface area contributed by atoms with Crippen molar-refractivity contribution in [1.82, 2.24) is 9.13 Å². The average molecular weight is 578 g/mol. The quantitative estimate of drug-likeness (QED) is 0.206. The zero-order valence-electron chi connectivity index (χ0n) is 22.1. The topological polar surface area (TPSA) is 65.6 Å². The highest BCUT2D eigenvalue weighted by Crippen LogP contribution is 2.35. The first-order valence-electron chi connectivity index (χ1n) is 13.1. The van der Waals surface area contributed by atoms with Crippen LogP contribution >= 0.6 is 22.9 Å². The Balaban J connectivity index is 1.65. The van der Waals surface area contributed by atoms with E-state index in [4.69, 9.17) is 27.8 Å². The van der Waals surface area contributed by atoms with Crippen LogP contribution in [0.3, 0.4) is 0 Å². The molecule has 202 valence electrons. The van der Waals surface area contributed by atoms with Gasteiger partial charge in [-0.25, -0.2) is 9.79 Å². The molecule has 0 unspecified atom stereocenters. The van der Waals surface area contributed by atoms with E-state index in [0.29, 0.717) is 32.2 Å². The van der Waals surface area contributed by atoms with Crippen LogP contribution in [0.1, 0.15) is 29.7 Å². The summed E-state index contributed by atoms with van der Waals surface area (Å²) >= 11 is 7.50. The monoisotopic (exact) mass is 577 g/mol. The lowest BCUT2D eigenvalue weighted by atomic mass is 9.93. The van der Waals surface area contributed by atoms with Crippen molar-refractivity contribution >= 4 is 51.6 Å². The van der Waals surface area contributed by atoms with Gasteiger partial charge >= 0.3 is 5.97 Å². The van der Waals surface area contributed by atoms with Gasteiger partial charge in [0.25, 0.3) is 5.56 Å². The van der Waals surface area contributed by atoms with Gasteiger partial charge in [0.15, 0.2) is 4.80 Å². The smallest absolute Gasteiger partial charge is 0.338 e. The minimum absolute atomic E-state index is 0.184. The van der Waals surface area contributed by atoms with E-state index in [0.717, 1.165) is 27.6 Å². The fraction of sp³-hybridized carbons (Fsp3) is 0.121. The zero-order chi connectivity index (χ0) is 28.5. The Morgan fingerprint density at radius 3 is 2.56 bits per heavy atom. The van der Waals surface area contributed by atoms with Gasteiger partial charge < -0.3 is 9.30 Å². The Morgan fingerprint density at radius 1 is 1.10 bits per heavy atom. The van der Waals surface area contributed by atoms with Crippen molar-refractivity contribution in [3.8, 4) is 12.3 Å². The van der Waals surface area contributed by atoms with Crippen molar-refractivity contribution in [2.45, 2.75) is 19.5 Å². The third-order valence-electron chi connectivity index (χ3n) is 6.93. The summed E-state index contributed by atoms with van der Waals surface area (Å²) < 4.78 is 9.58. The van der Waals surface area contributed by atoms with Gasteiger partial charge in [-0.05, 0) is 36.8 Å². The number of carbonyl (C=O) groups is 1. The van der Waals surface area contributed by atoms with Crippen LogP contribution in [0, 0.1) is 12.3 Å². The van der Waals surface area contributed by atoms with Crippen molar-refractivity contribution in [2.24, 2.45) is 4.99 Å². The van der Waals surface area contributed by atoms with Gasteiger partial charge in [-0.1, -0.05) is 89.5 Å². The van der Waals surface area contributed by atoms with Crippen molar-refractivity contribution < 1.29 is 9.53 Å². The van der Waals surface area contributed by atoms with Crippen molar-refractivity contribution in [3.63, 3.8) is 0 Å². The number of halogens is 1. The van der Waals surface area contributed by atoms with E-state index in [1.165, 1.54) is 11.3 Å². The maximum atomic E-state index is 14.1. The molecule has 0 saturated carbocycles. The number of benzene rings is 3. The molecule has 0 N–H and O–H groups in total. The molecule has 5 aromatic rings. The van der Waals surface area contributed by atoms with E-state index in [1.807, 2.05) is 83.6 Å². The third kappa shape index (κ3) is 4.82. The summed E-state index contributed by atoms with van der Waals surface area (Å²) in [6.07, 6.45) is 9.43. The molecule has 0 fully saturated rings. The van der Waals surface area contributed by atoms with Crippen LogP contribution < -0.4 is 14.9 Å². The van der Waals surface area contributed by atoms with Crippen LogP contribution in [0.2, 0.25) is 5.02 Å². The van der Waals surface area contributed by atoms with Gasteiger partial charge in [-0.15, -0.1) is 6.42 Å². The normalized spacial score (nSPS) is 15.0. The molecule has 0 saturated heterocycles. The van der Waals surface area contributed by atoms with Gasteiger partial charge in [0, 0.05) is 33.2 Å². The number of hydrogen-bond donors (Lipinski definition) is 0. The van der Waals surface area contributed by atoms with E-state index in [1.54, 1.807) is 23.6 Å². The Bertz CT molecular complexity index is 2050. The molecule has 0 spiro atoms. The predicted octanol–water partition coefficient (Wildman–Crippen LogP) is 5.18. The number of fused-ring (bicyclic) bond motifs is 2. The summed E-state index contributed by atoms with van der Waals surface area (Å²) in [6, 6.07) is 23.8. The maximum Gasteiger partial charge on any atom is 0.338 e. The highest BCUT2D eigenvalue weighted by Gasteiger charge is 2.35. The van der Waals surface area contributed by atoms with Crippen LogP contribution in [0.4, 0.5) is 0 Å². The molecule has 3 heterocycles. The maximum absolute atomic E-state index is 14.1. The summed E-state index contributed by atoms with van der Waals surface area (Å²) in [4.78, 5) is 33.1. The molecule has 1 atom stereocenters. The number of terminal acetylenes is 1. The number of thiazole rings is 1.